The molecule has 4 aromatic rings. The normalized spacial score (nSPS) is 12.1. The average molecular weight is 544 g/mol. The number of imidazole rings is 1. The molecule has 188 valence electrons. The average Bonchev–Trinajstić information content (AvgIpc) is 3.30. The van der Waals surface area contributed by atoms with Crippen LogP contribution in [0.4, 0.5) is 22.0 Å². The third-order valence-electron chi connectivity index (χ3n) is 5.36. The van der Waals surface area contributed by atoms with Crippen molar-refractivity contribution in [3.05, 3.63) is 93.4 Å². The van der Waals surface area contributed by atoms with Crippen LogP contribution >= 0.6 is 23.2 Å². The van der Waals surface area contributed by atoms with Gasteiger partial charge < -0.3 is 10.1 Å². The maximum Gasteiger partial charge on any atom is 0.416 e. The van der Waals surface area contributed by atoms with E-state index in [-0.39, 0.29) is 27.2 Å². The largest absolute Gasteiger partial charge is 0.440 e. The van der Waals surface area contributed by atoms with E-state index >= 15 is 0 Å². The van der Waals surface area contributed by atoms with Crippen LogP contribution in [0.1, 0.15) is 27.0 Å². The number of ether oxygens (including phenoxy) is 1. The van der Waals surface area contributed by atoms with Gasteiger partial charge in [0.25, 0.3) is 11.8 Å². The summed E-state index contributed by atoms with van der Waals surface area (Å²) in [6.45, 7) is 0.509. The monoisotopic (exact) mass is 543 g/mol. The second kappa shape index (κ2) is 9.59. The van der Waals surface area contributed by atoms with Crippen LogP contribution in [0.15, 0.2) is 61.1 Å². The first-order valence-corrected chi connectivity index (χ1v) is 11.0. The summed E-state index contributed by atoms with van der Waals surface area (Å²) in [7, 11) is 0. The number of fused-ring (bicyclic) bond motifs is 1. The Morgan fingerprint density at radius 2 is 1.83 bits per heavy atom. The van der Waals surface area contributed by atoms with Crippen LogP contribution in [0.3, 0.4) is 0 Å². The third kappa shape index (κ3) is 5.24. The molecule has 1 N–H and O–H groups in total. The summed E-state index contributed by atoms with van der Waals surface area (Å²) in [4.78, 5) is 16.9. The summed E-state index contributed by atoms with van der Waals surface area (Å²) >= 11 is 11.6. The van der Waals surface area contributed by atoms with Crippen molar-refractivity contribution in [2.45, 2.75) is 19.0 Å². The minimum atomic E-state index is -4.58. The van der Waals surface area contributed by atoms with Crippen LogP contribution in [0.2, 0.25) is 10.0 Å². The molecule has 4 rings (SSSR count). The minimum Gasteiger partial charge on any atom is -0.440 e. The predicted octanol–water partition coefficient (Wildman–Crippen LogP) is 7.28. The molecule has 0 saturated heterocycles. The molecule has 0 aliphatic rings. The number of rotatable bonds is 6. The van der Waals surface area contributed by atoms with Gasteiger partial charge in [-0.05, 0) is 48.9 Å². The van der Waals surface area contributed by atoms with E-state index in [9.17, 15) is 26.7 Å². The lowest BCUT2D eigenvalue weighted by Crippen LogP contribution is -2.35. The molecule has 12 heteroatoms. The van der Waals surface area contributed by atoms with Gasteiger partial charge in [-0.3, -0.25) is 9.20 Å². The highest BCUT2D eigenvalue weighted by Crippen LogP contribution is 2.36. The van der Waals surface area contributed by atoms with Crippen molar-refractivity contribution >= 4 is 34.6 Å². The van der Waals surface area contributed by atoms with E-state index in [2.05, 4.69) is 10.3 Å². The summed E-state index contributed by atoms with van der Waals surface area (Å²) < 4.78 is 75.8. The Morgan fingerprint density at radius 3 is 2.53 bits per heavy atom. The number of carbonyl (C=O) groups excluding carboxylic acids is 1. The lowest BCUT2D eigenvalue weighted by atomic mass is 10.1. The Bertz CT molecular complexity index is 1450. The molecule has 0 fully saturated rings. The minimum absolute atomic E-state index is 0.0250. The molecule has 36 heavy (non-hydrogen) atoms. The zero-order valence-electron chi connectivity index (χ0n) is 18.3. The first-order chi connectivity index (χ1) is 16.9. The summed E-state index contributed by atoms with van der Waals surface area (Å²) in [5, 5.41) is 2.11. The van der Waals surface area contributed by atoms with Crippen LogP contribution in [0, 0.1) is 6.92 Å². The highest BCUT2D eigenvalue weighted by Gasteiger charge is 2.35. The highest BCUT2D eigenvalue weighted by molar-refractivity contribution is 6.35. The molecule has 2 aromatic heterocycles. The fourth-order valence-electron chi connectivity index (χ4n) is 3.53. The number of halogens is 7. The van der Waals surface area contributed by atoms with E-state index in [4.69, 9.17) is 27.9 Å². The first-order valence-electron chi connectivity index (χ1n) is 10.3. The van der Waals surface area contributed by atoms with Crippen molar-refractivity contribution in [1.82, 2.24) is 14.7 Å². The molecule has 0 spiro atoms. The van der Waals surface area contributed by atoms with E-state index in [1.165, 1.54) is 47.3 Å². The maximum atomic E-state index is 14.8. The summed E-state index contributed by atoms with van der Waals surface area (Å²) in [5.74, 6) is -4.54. The molecule has 0 saturated carbocycles. The van der Waals surface area contributed by atoms with Crippen LogP contribution in [-0.4, -0.2) is 21.8 Å². The Hall–Kier alpha value is -3.37. The number of alkyl halides is 5. The topological polar surface area (TPSA) is 55.6 Å². The van der Waals surface area contributed by atoms with Gasteiger partial charge in [-0.15, -0.1) is 0 Å². The quantitative estimate of drug-likeness (QED) is 0.260. The van der Waals surface area contributed by atoms with Crippen LogP contribution < -0.4 is 10.1 Å². The van der Waals surface area contributed by atoms with E-state index in [1.54, 1.807) is 6.92 Å². The standard InChI is InChI=1S/C24H16Cl2F5N3O2/c1-13-17(22(35)33-11-23(27,28)18-6-5-15(25)8-19(18)26)9-21(34-12-32-10-20(13)34)36-16-4-2-3-14(7-16)24(29,30)31/h2-10,12H,11H2,1H3,(H,33,35). The fraction of sp³-hybridized carbons (Fsp3) is 0.167. The van der Waals surface area contributed by atoms with Gasteiger partial charge in [0, 0.05) is 22.2 Å². The lowest BCUT2D eigenvalue weighted by Gasteiger charge is -2.20. The number of nitrogens with zero attached hydrogens (tertiary/aromatic N) is 2. The van der Waals surface area contributed by atoms with Crippen molar-refractivity contribution < 1.29 is 31.5 Å². The van der Waals surface area contributed by atoms with Crippen molar-refractivity contribution in [2.24, 2.45) is 0 Å². The molecule has 0 aliphatic heterocycles. The number of nitrogens with one attached hydrogen (secondary N) is 1. The molecule has 5 nitrogen and oxygen atoms in total. The molecule has 0 radical (unpaired) electrons. The van der Waals surface area contributed by atoms with Gasteiger partial charge in [0.05, 0.1) is 28.8 Å². The lowest BCUT2D eigenvalue weighted by molar-refractivity contribution is -0.137. The fourth-order valence-corrected chi connectivity index (χ4v) is 4.07. The number of hydrogen-bond acceptors (Lipinski definition) is 3. The second-order valence-electron chi connectivity index (χ2n) is 7.81. The van der Waals surface area contributed by atoms with Gasteiger partial charge in [-0.1, -0.05) is 29.3 Å². The predicted molar refractivity (Wildman–Crippen MR) is 124 cm³/mol. The number of pyridine rings is 1. The molecule has 2 aromatic carbocycles. The number of carbonyl (C=O) groups is 1. The Morgan fingerprint density at radius 1 is 1.08 bits per heavy atom. The number of aromatic nitrogens is 2. The molecule has 0 unspecified atom stereocenters. The van der Waals surface area contributed by atoms with Crippen molar-refractivity contribution in [3.8, 4) is 11.6 Å². The van der Waals surface area contributed by atoms with E-state index < -0.39 is 35.7 Å². The maximum absolute atomic E-state index is 14.8. The Kier molecular flexibility index (Phi) is 6.85. The van der Waals surface area contributed by atoms with Crippen LogP contribution in [0.5, 0.6) is 11.6 Å². The van der Waals surface area contributed by atoms with Gasteiger partial charge in [-0.25, -0.2) is 4.98 Å². The highest BCUT2D eigenvalue weighted by atomic mass is 35.5. The van der Waals surface area contributed by atoms with Gasteiger partial charge in [-0.2, -0.15) is 22.0 Å². The van der Waals surface area contributed by atoms with Gasteiger partial charge in [0.1, 0.15) is 12.1 Å². The molecule has 0 aliphatic carbocycles. The van der Waals surface area contributed by atoms with Crippen LogP contribution in [-0.2, 0) is 12.1 Å². The number of amides is 1. The van der Waals surface area contributed by atoms with E-state index in [0.29, 0.717) is 11.1 Å². The SMILES string of the molecule is Cc1c(C(=O)NCC(F)(F)c2ccc(Cl)cc2Cl)cc(Oc2cccc(C(F)(F)F)c2)n2cncc12. The van der Waals surface area contributed by atoms with E-state index in [0.717, 1.165) is 18.2 Å². The van der Waals surface area contributed by atoms with Gasteiger partial charge >= 0.3 is 6.18 Å². The molecule has 1 amide bonds. The number of aryl methyl sites for hydroxylation is 1. The van der Waals surface area contributed by atoms with Gasteiger partial charge in [0.2, 0.25) is 5.88 Å². The number of benzene rings is 2. The molecule has 0 bridgehead atoms. The van der Waals surface area contributed by atoms with Crippen LogP contribution in [0.25, 0.3) is 5.52 Å². The summed E-state index contributed by atoms with van der Waals surface area (Å²) in [6.07, 6.45) is -1.82. The zero-order valence-corrected chi connectivity index (χ0v) is 19.8. The van der Waals surface area contributed by atoms with Crippen molar-refractivity contribution in [1.29, 1.82) is 0 Å². The molecule has 2 heterocycles. The Balaban J connectivity index is 1.63. The first kappa shape index (κ1) is 25.7. The molecular weight excluding hydrogens is 528 g/mol. The molecular formula is C24H16Cl2F5N3O2. The summed E-state index contributed by atoms with van der Waals surface area (Å²) in [5.41, 5.74) is -0.658. The van der Waals surface area contributed by atoms with Crippen molar-refractivity contribution in [3.63, 3.8) is 0 Å². The second-order valence-corrected chi connectivity index (χ2v) is 8.65. The summed E-state index contributed by atoms with van der Waals surface area (Å²) in [6, 6.07) is 8.92. The van der Waals surface area contributed by atoms with Gasteiger partial charge in [0.15, 0.2) is 0 Å². The Labute approximate surface area is 211 Å². The zero-order chi connectivity index (χ0) is 26.3. The van der Waals surface area contributed by atoms with E-state index in [1.807, 2.05) is 0 Å². The number of hydrogen-bond donors (Lipinski definition) is 1. The molecule has 0 atom stereocenters. The smallest absolute Gasteiger partial charge is 0.416 e. The van der Waals surface area contributed by atoms with Crippen molar-refractivity contribution in [2.75, 3.05) is 6.54 Å². The third-order valence-corrected chi connectivity index (χ3v) is 5.90.